The zero-order chi connectivity index (χ0) is 23.8. The summed E-state index contributed by atoms with van der Waals surface area (Å²) < 4.78 is 47.8. The number of nitrogens with zero attached hydrogens (tertiary/aromatic N) is 5. The zero-order valence-electron chi connectivity index (χ0n) is 19.5. The van der Waals surface area contributed by atoms with E-state index in [1.54, 1.807) is 0 Å². The Labute approximate surface area is 194 Å². The van der Waals surface area contributed by atoms with E-state index in [9.17, 15) is 12.8 Å². The van der Waals surface area contributed by atoms with Crippen LogP contribution < -0.4 is 4.90 Å². The van der Waals surface area contributed by atoms with Crippen molar-refractivity contribution in [2.24, 2.45) is 0 Å². The topological polar surface area (TPSA) is 82.8 Å². The van der Waals surface area contributed by atoms with Crippen LogP contribution in [0.25, 0.3) is 10.8 Å². The maximum absolute atomic E-state index is 14.0. The second kappa shape index (κ2) is 9.00. The maximum Gasteiger partial charge on any atom is 0.245 e. The molecule has 1 fully saturated rings. The standard InChI is InChI=1S/C23H30FN5O3S/c1-17-13-18(32-26-17)15-27(4)22-20-8-6-5-7-19(20)21(14-25-22)33(30,31)29-11-9-28(10-12-29)16-23(2,3)24/h5-8,13-14H,9-12,15-16H2,1-4H3. The molecule has 0 aliphatic carbocycles. The molecular weight excluding hydrogens is 445 g/mol. The summed E-state index contributed by atoms with van der Waals surface area (Å²) in [6.07, 6.45) is 1.44. The predicted octanol–water partition coefficient (Wildman–Crippen LogP) is 3.22. The molecule has 1 aliphatic heterocycles. The van der Waals surface area contributed by atoms with Crippen LogP contribution in [0.5, 0.6) is 0 Å². The van der Waals surface area contributed by atoms with Gasteiger partial charge in [-0.2, -0.15) is 4.31 Å². The third kappa shape index (κ3) is 5.18. The highest BCUT2D eigenvalue weighted by Crippen LogP contribution is 2.32. The first kappa shape index (κ1) is 23.6. The first-order chi connectivity index (χ1) is 15.5. The summed E-state index contributed by atoms with van der Waals surface area (Å²) in [6.45, 7) is 7.31. The molecule has 0 radical (unpaired) electrons. The van der Waals surface area contributed by atoms with Crippen LogP contribution >= 0.6 is 0 Å². The Bertz CT molecular complexity index is 1230. The van der Waals surface area contributed by atoms with Crippen molar-refractivity contribution in [1.29, 1.82) is 0 Å². The molecular formula is C23H30FN5O3S. The smallest absolute Gasteiger partial charge is 0.245 e. The van der Waals surface area contributed by atoms with Crippen molar-refractivity contribution in [3.8, 4) is 0 Å². The number of hydrogen-bond acceptors (Lipinski definition) is 7. The normalized spacial score (nSPS) is 16.4. The molecule has 0 bridgehead atoms. The highest BCUT2D eigenvalue weighted by molar-refractivity contribution is 7.89. The largest absolute Gasteiger partial charge is 0.359 e. The van der Waals surface area contributed by atoms with Gasteiger partial charge < -0.3 is 9.42 Å². The van der Waals surface area contributed by atoms with Gasteiger partial charge in [0.05, 0.1) is 12.2 Å². The van der Waals surface area contributed by atoms with Gasteiger partial charge in [0.25, 0.3) is 0 Å². The van der Waals surface area contributed by atoms with E-state index in [1.807, 2.05) is 54.1 Å². The second-order valence-corrected chi connectivity index (χ2v) is 11.1. The monoisotopic (exact) mass is 475 g/mol. The molecule has 3 heterocycles. The minimum atomic E-state index is -3.75. The number of halogens is 1. The van der Waals surface area contributed by atoms with E-state index in [2.05, 4.69) is 10.1 Å². The average molecular weight is 476 g/mol. The maximum atomic E-state index is 14.0. The number of sulfonamides is 1. The molecule has 1 saturated heterocycles. The summed E-state index contributed by atoms with van der Waals surface area (Å²) in [6, 6.07) is 9.24. The van der Waals surface area contributed by atoms with Crippen molar-refractivity contribution in [2.45, 2.75) is 37.9 Å². The number of fused-ring (bicyclic) bond motifs is 1. The lowest BCUT2D eigenvalue weighted by molar-refractivity contribution is 0.0991. The Balaban J connectivity index is 1.60. The minimum absolute atomic E-state index is 0.185. The van der Waals surface area contributed by atoms with Crippen LogP contribution in [0.2, 0.25) is 0 Å². The van der Waals surface area contributed by atoms with Gasteiger partial charge in [-0.25, -0.2) is 17.8 Å². The Morgan fingerprint density at radius 3 is 2.42 bits per heavy atom. The Morgan fingerprint density at radius 2 is 1.82 bits per heavy atom. The van der Waals surface area contributed by atoms with E-state index in [4.69, 9.17) is 4.52 Å². The first-order valence-electron chi connectivity index (χ1n) is 11.0. The van der Waals surface area contributed by atoms with Gasteiger partial charge in [0.1, 0.15) is 16.4 Å². The van der Waals surface area contributed by atoms with Gasteiger partial charge in [0.2, 0.25) is 10.0 Å². The molecule has 0 saturated carbocycles. The lowest BCUT2D eigenvalue weighted by Crippen LogP contribution is -2.51. The Kier molecular flexibility index (Phi) is 6.43. The zero-order valence-corrected chi connectivity index (χ0v) is 20.3. The number of hydrogen-bond donors (Lipinski definition) is 0. The van der Waals surface area contributed by atoms with Gasteiger partial charge in [-0.15, -0.1) is 0 Å². The molecule has 3 aromatic rings. The van der Waals surface area contributed by atoms with Gasteiger partial charge >= 0.3 is 0 Å². The van der Waals surface area contributed by atoms with Gasteiger partial charge in [0.15, 0.2) is 5.76 Å². The van der Waals surface area contributed by atoms with Crippen molar-refractivity contribution in [3.63, 3.8) is 0 Å². The lowest BCUT2D eigenvalue weighted by Gasteiger charge is -2.36. The van der Waals surface area contributed by atoms with E-state index in [0.29, 0.717) is 49.7 Å². The second-order valence-electron chi connectivity index (χ2n) is 9.18. The SMILES string of the molecule is Cc1cc(CN(C)c2ncc(S(=O)(=O)N3CCN(CC(C)(C)F)CC3)c3ccccc23)on1. The molecule has 0 N–H and O–H groups in total. The van der Waals surface area contributed by atoms with Crippen LogP contribution in [-0.2, 0) is 16.6 Å². The van der Waals surface area contributed by atoms with E-state index in [-0.39, 0.29) is 11.4 Å². The summed E-state index contributed by atoms with van der Waals surface area (Å²) in [5.74, 6) is 1.36. The summed E-state index contributed by atoms with van der Waals surface area (Å²) in [7, 11) is -1.87. The lowest BCUT2D eigenvalue weighted by atomic mass is 10.1. The van der Waals surface area contributed by atoms with Crippen LogP contribution in [0.15, 0.2) is 45.9 Å². The first-order valence-corrected chi connectivity index (χ1v) is 12.4. The van der Waals surface area contributed by atoms with E-state index >= 15 is 0 Å². The molecule has 1 aliphatic rings. The molecule has 0 unspecified atom stereocenters. The molecule has 0 spiro atoms. The third-order valence-corrected chi connectivity index (χ3v) is 7.64. The number of piperazine rings is 1. The predicted molar refractivity (Wildman–Crippen MR) is 125 cm³/mol. The van der Waals surface area contributed by atoms with Crippen molar-refractivity contribution >= 4 is 26.6 Å². The summed E-state index contributed by atoms with van der Waals surface area (Å²) in [5, 5.41) is 5.28. The van der Waals surface area contributed by atoms with E-state index in [0.717, 1.165) is 11.1 Å². The quantitative estimate of drug-likeness (QED) is 0.519. The molecule has 33 heavy (non-hydrogen) atoms. The summed E-state index contributed by atoms with van der Waals surface area (Å²) >= 11 is 0. The van der Waals surface area contributed by atoms with Crippen LogP contribution in [0.3, 0.4) is 0 Å². The van der Waals surface area contributed by atoms with Crippen LogP contribution in [0.4, 0.5) is 10.2 Å². The molecule has 2 aromatic heterocycles. The molecule has 4 rings (SSSR count). The highest BCUT2D eigenvalue weighted by atomic mass is 32.2. The number of benzene rings is 1. The van der Waals surface area contributed by atoms with E-state index in [1.165, 1.54) is 24.3 Å². The molecule has 8 nitrogen and oxygen atoms in total. The molecule has 1 aromatic carbocycles. The summed E-state index contributed by atoms with van der Waals surface area (Å²) in [5.41, 5.74) is -0.513. The van der Waals surface area contributed by atoms with Crippen molar-refractivity contribution < 1.29 is 17.3 Å². The molecule has 178 valence electrons. The fourth-order valence-electron chi connectivity index (χ4n) is 4.26. The van der Waals surface area contributed by atoms with Crippen molar-refractivity contribution in [3.05, 3.63) is 48.0 Å². The van der Waals surface area contributed by atoms with Gasteiger partial charge in [-0.1, -0.05) is 29.4 Å². The molecule has 0 amide bonds. The minimum Gasteiger partial charge on any atom is -0.359 e. The van der Waals surface area contributed by atoms with Gasteiger partial charge in [-0.3, -0.25) is 4.90 Å². The summed E-state index contributed by atoms with van der Waals surface area (Å²) in [4.78, 5) is 8.59. The van der Waals surface area contributed by atoms with Crippen molar-refractivity contribution in [1.82, 2.24) is 19.3 Å². The van der Waals surface area contributed by atoms with E-state index < -0.39 is 15.7 Å². The molecule has 0 atom stereocenters. The van der Waals surface area contributed by atoms with Crippen LogP contribution in [0.1, 0.15) is 25.3 Å². The molecule has 10 heteroatoms. The fourth-order valence-corrected chi connectivity index (χ4v) is 5.82. The van der Waals surface area contributed by atoms with Gasteiger partial charge in [-0.05, 0) is 20.8 Å². The highest BCUT2D eigenvalue weighted by Gasteiger charge is 2.32. The van der Waals surface area contributed by atoms with Gasteiger partial charge in [0, 0.05) is 62.8 Å². The Morgan fingerprint density at radius 1 is 1.15 bits per heavy atom. The fraction of sp³-hybridized carbons (Fsp3) is 0.478. The number of rotatable bonds is 7. The number of aryl methyl sites for hydroxylation is 1. The average Bonchev–Trinajstić information content (AvgIpc) is 3.16. The van der Waals surface area contributed by atoms with Crippen molar-refractivity contribution in [2.75, 3.05) is 44.7 Å². The number of alkyl halides is 1. The van der Waals surface area contributed by atoms with Crippen LogP contribution in [-0.4, -0.2) is 73.2 Å². The number of aromatic nitrogens is 2. The number of pyridine rings is 1. The third-order valence-electron chi connectivity index (χ3n) is 5.72. The van der Waals surface area contributed by atoms with Crippen LogP contribution in [0, 0.1) is 6.92 Å². The Hall–Kier alpha value is -2.56. The number of anilines is 1.